The number of aromatic nitrogens is 2. The average Bonchev–Trinajstić information content (AvgIpc) is 3.37. The number of amides is 3. The van der Waals surface area contributed by atoms with Crippen LogP contribution < -0.4 is 25.8 Å². The first-order valence-corrected chi connectivity index (χ1v) is 13.1. The van der Waals surface area contributed by atoms with Crippen molar-refractivity contribution in [1.82, 2.24) is 20.6 Å². The molecule has 4 heterocycles. The molecule has 2 saturated heterocycles. The zero-order valence-electron chi connectivity index (χ0n) is 21.4. The van der Waals surface area contributed by atoms with Gasteiger partial charge in [0.15, 0.2) is 5.69 Å². The van der Waals surface area contributed by atoms with Crippen LogP contribution in [0.2, 0.25) is 0 Å². The SMILES string of the molecule is CCCCNC(=O)NC1CCN(c2ccc(NC(=O)c3oc(N4CCCCC4)nc3C(F)(F)F)cn2)CC1. The van der Waals surface area contributed by atoms with Crippen LogP contribution in [-0.2, 0) is 6.18 Å². The van der Waals surface area contributed by atoms with Gasteiger partial charge in [-0.05, 0) is 50.7 Å². The van der Waals surface area contributed by atoms with Gasteiger partial charge in [0.1, 0.15) is 5.82 Å². The maximum Gasteiger partial charge on any atom is 0.437 e. The van der Waals surface area contributed by atoms with Crippen molar-refractivity contribution in [2.45, 2.75) is 64.1 Å². The number of nitrogens with zero attached hydrogens (tertiary/aromatic N) is 4. The Morgan fingerprint density at radius 2 is 1.82 bits per heavy atom. The number of oxazole rings is 1. The molecule has 0 saturated carbocycles. The molecule has 0 aliphatic carbocycles. The van der Waals surface area contributed by atoms with E-state index in [1.165, 1.54) is 6.20 Å². The number of halogens is 3. The maximum atomic E-state index is 13.6. The summed E-state index contributed by atoms with van der Waals surface area (Å²) in [4.78, 5) is 36.4. The average molecular weight is 538 g/mol. The van der Waals surface area contributed by atoms with Gasteiger partial charge in [0.05, 0.1) is 11.9 Å². The summed E-state index contributed by atoms with van der Waals surface area (Å²) in [6.45, 7) is 5.15. The molecular weight excluding hydrogens is 503 g/mol. The summed E-state index contributed by atoms with van der Waals surface area (Å²) >= 11 is 0. The summed E-state index contributed by atoms with van der Waals surface area (Å²) in [6.07, 6.45) is 2.68. The molecule has 13 heteroatoms. The first-order valence-electron chi connectivity index (χ1n) is 13.1. The van der Waals surface area contributed by atoms with Crippen molar-refractivity contribution in [3.05, 3.63) is 29.8 Å². The Kier molecular flexibility index (Phi) is 8.95. The van der Waals surface area contributed by atoms with Crippen LogP contribution in [0.1, 0.15) is 68.1 Å². The highest BCUT2D eigenvalue weighted by molar-refractivity contribution is 6.03. The molecule has 0 atom stereocenters. The molecule has 0 spiro atoms. The second-order valence-corrected chi connectivity index (χ2v) is 9.59. The van der Waals surface area contributed by atoms with E-state index in [9.17, 15) is 22.8 Å². The predicted molar refractivity (Wildman–Crippen MR) is 136 cm³/mol. The number of unbranched alkanes of at least 4 members (excludes halogenated alkanes) is 1. The Hall–Kier alpha value is -3.51. The predicted octanol–water partition coefficient (Wildman–Crippen LogP) is 4.40. The van der Waals surface area contributed by atoms with Crippen LogP contribution in [-0.4, -0.2) is 60.7 Å². The summed E-state index contributed by atoms with van der Waals surface area (Å²) in [6, 6.07) is 3.02. The van der Waals surface area contributed by atoms with E-state index in [0.717, 1.165) is 44.9 Å². The van der Waals surface area contributed by atoms with E-state index >= 15 is 0 Å². The summed E-state index contributed by atoms with van der Waals surface area (Å²) < 4.78 is 46.1. The van der Waals surface area contributed by atoms with Gasteiger partial charge in [-0.25, -0.2) is 9.78 Å². The van der Waals surface area contributed by atoms with Crippen LogP contribution in [0.4, 0.5) is 35.5 Å². The van der Waals surface area contributed by atoms with Gasteiger partial charge < -0.3 is 30.2 Å². The number of hydrogen-bond donors (Lipinski definition) is 3. The molecule has 38 heavy (non-hydrogen) atoms. The number of carbonyl (C=O) groups excluding carboxylic acids is 2. The molecule has 208 valence electrons. The molecule has 4 rings (SSSR count). The van der Waals surface area contributed by atoms with Crippen molar-refractivity contribution in [2.75, 3.05) is 47.8 Å². The van der Waals surface area contributed by atoms with Gasteiger partial charge >= 0.3 is 12.2 Å². The minimum absolute atomic E-state index is 0.0750. The van der Waals surface area contributed by atoms with Crippen molar-refractivity contribution in [3.63, 3.8) is 0 Å². The lowest BCUT2D eigenvalue weighted by Crippen LogP contribution is -2.48. The lowest BCUT2D eigenvalue weighted by atomic mass is 10.1. The maximum absolute atomic E-state index is 13.6. The first-order chi connectivity index (χ1) is 18.2. The molecule has 3 amide bonds. The minimum atomic E-state index is -4.83. The fraction of sp³-hybridized carbons (Fsp3) is 0.600. The molecule has 2 aromatic rings. The number of alkyl halides is 3. The molecule has 2 aromatic heterocycles. The second-order valence-electron chi connectivity index (χ2n) is 9.59. The summed E-state index contributed by atoms with van der Waals surface area (Å²) in [5.74, 6) is -1.22. The topological polar surface area (TPSA) is 116 Å². The number of pyridine rings is 1. The van der Waals surface area contributed by atoms with Crippen LogP contribution in [0.3, 0.4) is 0 Å². The monoisotopic (exact) mass is 537 g/mol. The van der Waals surface area contributed by atoms with E-state index in [2.05, 4.69) is 37.7 Å². The Morgan fingerprint density at radius 1 is 1.08 bits per heavy atom. The summed E-state index contributed by atoms with van der Waals surface area (Å²) in [7, 11) is 0. The highest BCUT2D eigenvalue weighted by Crippen LogP contribution is 2.35. The number of carbonyl (C=O) groups is 2. The van der Waals surface area contributed by atoms with Crippen molar-refractivity contribution in [2.24, 2.45) is 0 Å². The van der Waals surface area contributed by atoms with Gasteiger partial charge in [0.2, 0.25) is 5.76 Å². The van der Waals surface area contributed by atoms with Crippen molar-refractivity contribution < 1.29 is 27.2 Å². The Bertz CT molecular complexity index is 1080. The number of nitrogens with one attached hydrogen (secondary N) is 3. The highest BCUT2D eigenvalue weighted by Gasteiger charge is 2.42. The molecular formula is C25H34F3N7O3. The fourth-order valence-corrected chi connectivity index (χ4v) is 4.58. The van der Waals surface area contributed by atoms with Gasteiger partial charge in [-0.3, -0.25) is 4.79 Å². The molecule has 0 unspecified atom stereocenters. The normalized spacial score (nSPS) is 16.8. The summed E-state index contributed by atoms with van der Waals surface area (Å²) in [5.41, 5.74) is -1.10. The zero-order chi connectivity index (χ0) is 27.1. The van der Waals surface area contributed by atoms with Crippen LogP contribution in [0.5, 0.6) is 0 Å². The van der Waals surface area contributed by atoms with E-state index in [-0.39, 0.29) is 23.8 Å². The highest BCUT2D eigenvalue weighted by atomic mass is 19.4. The van der Waals surface area contributed by atoms with Crippen LogP contribution in [0.25, 0.3) is 0 Å². The van der Waals surface area contributed by atoms with Crippen molar-refractivity contribution in [1.29, 1.82) is 0 Å². The lowest BCUT2D eigenvalue weighted by Gasteiger charge is -2.33. The molecule has 3 N–H and O–H groups in total. The van der Waals surface area contributed by atoms with Gasteiger partial charge in [0.25, 0.3) is 11.9 Å². The van der Waals surface area contributed by atoms with Crippen LogP contribution >= 0.6 is 0 Å². The Morgan fingerprint density at radius 3 is 2.45 bits per heavy atom. The van der Waals surface area contributed by atoms with Crippen LogP contribution in [0.15, 0.2) is 22.7 Å². The molecule has 0 bridgehead atoms. The van der Waals surface area contributed by atoms with Gasteiger partial charge in [-0.15, -0.1) is 0 Å². The third-order valence-corrected chi connectivity index (χ3v) is 6.69. The third-order valence-electron chi connectivity index (χ3n) is 6.69. The molecule has 2 fully saturated rings. The van der Waals surface area contributed by atoms with E-state index in [1.807, 2.05) is 0 Å². The molecule has 0 aromatic carbocycles. The van der Waals surface area contributed by atoms with Crippen LogP contribution in [0, 0.1) is 0 Å². The lowest BCUT2D eigenvalue weighted by molar-refractivity contribution is -0.141. The van der Waals surface area contributed by atoms with Crippen molar-refractivity contribution >= 4 is 29.5 Å². The van der Waals surface area contributed by atoms with E-state index in [1.54, 1.807) is 17.0 Å². The van der Waals surface area contributed by atoms with Gasteiger partial charge in [-0.2, -0.15) is 18.2 Å². The fourth-order valence-electron chi connectivity index (χ4n) is 4.58. The standard InChI is InChI=1S/C25H34F3N7O3/c1-2-3-11-29-23(37)32-17-9-14-34(15-10-17)19-8-7-18(16-30-19)31-22(36)20-21(25(26,27)28)33-24(38-20)35-12-5-4-6-13-35/h7-8,16-17H,2-6,9-15H2,1H3,(H,31,36)(H2,29,32,37). The van der Waals surface area contributed by atoms with Gasteiger partial charge in [-0.1, -0.05) is 13.3 Å². The number of piperidine rings is 2. The quantitative estimate of drug-likeness (QED) is 0.428. The Balaban J connectivity index is 1.33. The first kappa shape index (κ1) is 27.5. The Labute approximate surface area is 219 Å². The molecule has 0 radical (unpaired) electrons. The molecule has 2 aliphatic rings. The van der Waals surface area contributed by atoms with E-state index in [4.69, 9.17) is 4.42 Å². The number of anilines is 3. The minimum Gasteiger partial charge on any atom is -0.417 e. The van der Waals surface area contributed by atoms with E-state index < -0.39 is 23.5 Å². The summed E-state index contributed by atoms with van der Waals surface area (Å²) in [5, 5.41) is 8.28. The zero-order valence-corrected chi connectivity index (χ0v) is 21.4. The second kappa shape index (κ2) is 12.4. The smallest absolute Gasteiger partial charge is 0.417 e. The molecule has 10 nitrogen and oxygen atoms in total. The van der Waals surface area contributed by atoms with Gasteiger partial charge in [0, 0.05) is 38.8 Å². The number of rotatable bonds is 8. The molecule has 2 aliphatic heterocycles. The third kappa shape index (κ3) is 7.07. The van der Waals surface area contributed by atoms with E-state index in [0.29, 0.717) is 38.5 Å². The number of hydrogen-bond acceptors (Lipinski definition) is 7. The van der Waals surface area contributed by atoms with Crippen molar-refractivity contribution in [3.8, 4) is 0 Å². The number of urea groups is 1. The largest absolute Gasteiger partial charge is 0.437 e.